The van der Waals surface area contributed by atoms with E-state index in [0.717, 1.165) is 19.7 Å². The summed E-state index contributed by atoms with van der Waals surface area (Å²) in [5.41, 5.74) is 6.23. The van der Waals surface area contributed by atoms with Gasteiger partial charge in [0, 0.05) is 26.2 Å². The molecule has 1 unspecified atom stereocenters. The Morgan fingerprint density at radius 1 is 1.29 bits per heavy atom. The number of hydrogen-bond donors (Lipinski definition) is 1. The molecule has 0 aliphatic carbocycles. The summed E-state index contributed by atoms with van der Waals surface area (Å²) in [6, 6.07) is 0. The van der Waals surface area contributed by atoms with E-state index in [2.05, 4.69) is 25.7 Å². The molecular formula is C14H30N2O. The van der Waals surface area contributed by atoms with Crippen molar-refractivity contribution >= 4 is 0 Å². The van der Waals surface area contributed by atoms with E-state index in [1.807, 2.05) is 0 Å². The Morgan fingerprint density at radius 2 is 1.94 bits per heavy atom. The first-order valence-electron chi connectivity index (χ1n) is 7.17. The van der Waals surface area contributed by atoms with Crippen LogP contribution in [0.5, 0.6) is 0 Å². The third-order valence-corrected chi connectivity index (χ3v) is 3.89. The first-order valence-corrected chi connectivity index (χ1v) is 7.17. The first-order chi connectivity index (χ1) is 8.13. The van der Waals surface area contributed by atoms with Crippen molar-refractivity contribution in [2.24, 2.45) is 11.1 Å². The molecule has 102 valence electrons. The number of rotatable bonds is 7. The van der Waals surface area contributed by atoms with E-state index >= 15 is 0 Å². The molecule has 0 saturated carbocycles. The quantitative estimate of drug-likeness (QED) is 0.744. The van der Waals surface area contributed by atoms with Crippen LogP contribution in [0, 0.1) is 5.41 Å². The van der Waals surface area contributed by atoms with Crippen LogP contribution in [0.1, 0.15) is 46.5 Å². The van der Waals surface area contributed by atoms with E-state index in [9.17, 15) is 0 Å². The fourth-order valence-electron chi connectivity index (χ4n) is 2.86. The molecular weight excluding hydrogens is 212 g/mol. The summed E-state index contributed by atoms with van der Waals surface area (Å²) < 4.78 is 5.68. The van der Waals surface area contributed by atoms with Crippen LogP contribution in [-0.4, -0.2) is 43.8 Å². The van der Waals surface area contributed by atoms with Crippen LogP contribution in [-0.2, 0) is 4.74 Å². The van der Waals surface area contributed by atoms with Gasteiger partial charge in [-0.1, -0.05) is 20.3 Å². The van der Waals surface area contributed by atoms with Crippen LogP contribution in [0.15, 0.2) is 0 Å². The highest BCUT2D eigenvalue weighted by molar-refractivity contribution is 4.82. The summed E-state index contributed by atoms with van der Waals surface area (Å²) in [6.45, 7) is 11.8. The van der Waals surface area contributed by atoms with Crippen molar-refractivity contribution in [1.29, 1.82) is 0 Å². The summed E-state index contributed by atoms with van der Waals surface area (Å²) in [5.74, 6) is 0. The molecule has 1 aliphatic rings. The molecule has 1 saturated heterocycles. The lowest BCUT2D eigenvalue weighted by Gasteiger charge is -2.38. The third-order valence-electron chi connectivity index (χ3n) is 3.89. The van der Waals surface area contributed by atoms with Gasteiger partial charge in [-0.2, -0.15) is 0 Å². The predicted molar refractivity (Wildman–Crippen MR) is 73.2 cm³/mol. The van der Waals surface area contributed by atoms with Crippen molar-refractivity contribution < 1.29 is 4.74 Å². The average Bonchev–Trinajstić information content (AvgIpc) is 2.32. The topological polar surface area (TPSA) is 38.5 Å². The summed E-state index contributed by atoms with van der Waals surface area (Å²) in [5, 5.41) is 0. The Labute approximate surface area is 107 Å². The lowest BCUT2D eigenvalue weighted by Crippen LogP contribution is -2.45. The largest absolute Gasteiger partial charge is 0.378 e. The van der Waals surface area contributed by atoms with Gasteiger partial charge in [-0.05, 0) is 38.1 Å². The Morgan fingerprint density at radius 3 is 2.41 bits per heavy atom. The number of piperidine rings is 1. The van der Waals surface area contributed by atoms with Crippen molar-refractivity contribution in [2.45, 2.75) is 52.6 Å². The van der Waals surface area contributed by atoms with Crippen LogP contribution in [0.2, 0.25) is 0 Å². The highest BCUT2D eigenvalue weighted by atomic mass is 16.5. The maximum absolute atomic E-state index is 5.93. The lowest BCUT2D eigenvalue weighted by atomic mass is 9.84. The molecule has 0 amide bonds. The van der Waals surface area contributed by atoms with Crippen molar-refractivity contribution in [3.8, 4) is 0 Å². The lowest BCUT2D eigenvalue weighted by molar-refractivity contribution is 0.00513. The van der Waals surface area contributed by atoms with Crippen molar-refractivity contribution in [3.05, 3.63) is 0 Å². The maximum Gasteiger partial charge on any atom is 0.0599 e. The highest BCUT2D eigenvalue weighted by Crippen LogP contribution is 2.25. The van der Waals surface area contributed by atoms with E-state index in [1.165, 1.54) is 38.8 Å². The van der Waals surface area contributed by atoms with Gasteiger partial charge in [0.05, 0.1) is 6.10 Å². The normalized spacial score (nSPS) is 22.6. The molecule has 1 fully saturated rings. The second-order valence-corrected chi connectivity index (χ2v) is 5.70. The van der Waals surface area contributed by atoms with Crippen molar-refractivity contribution in [2.75, 3.05) is 32.8 Å². The van der Waals surface area contributed by atoms with Gasteiger partial charge in [0.25, 0.3) is 0 Å². The first kappa shape index (κ1) is 14.9. The minimum Gasteiger partial charge on any atom is -0.378 e. The fraction of sp³-hybridized carbons (Fsp3) is 1.00. The molecule has 1 atom stereocenters. The standard InChI is InChI=1S/C14H30N2O/c1-4-8-14(3,11-15)12-16-9-6-13(7-10-16)17-5-2/h13H,4-12,15H2,1-3H3. The molecule has 0 aromatic carbocycles. The number of nitrogens with two attached hydrogens (primary N) is 1. The van der Waals surface area contributed by atoms with Gasteiger partial charge in [-0.15, -0.1) is 0 Å². The molecule has 0 aromatic rings. The van der Waals surface area contributed by atoms with Crippen molar-refractivity contribution in [3.63, 3.8) is 0 Å². The zero-order chi connectivity index (χ0) is 12.7. The molecule has 1 heterocycles. The molecule has 0 aromatic heterocycles. The van der Waals surface area contributed by atoms with Gasteiger partial charge in [0.2, 0.25) is 0 Å². The van der Waals surface area contributed by atoms with Gasteiger partial charge in [-0.3, -0.25) is 0 Å². The predicted octanol–water partition coefficient (Wildman–Crippen LogP) is 2.25. The van der Waals surface area contributed by atoms with Crippen LogP contribution in [0.3, 0.4) is 0 Å². The van der Waals surface area contributed by atoms with E-state index < -0.39 is 0 Å². The molecule has 1 aliphatic heterocycles. The Bertz CT molecular complexity index is 202. The molecule has 3 nitrogen and oxygen atoms in total. The Balaban J connectivity index is 2.33. The van der Waals surface area contributed by atoms with E-state index in [1.54, 1.807) is 0 Å². The van der Waals surface area contributed by atoms with E-state index in [4.69, 9.17) is 10.5 Å². The maximum atomic E-state index is 5.93. The summed E-state index contributed by atoms with van der Waals surface area (Å²) in [7, 11) is 0. The van der Waals surface area contributed by atoms with Crippen LogP contribution in [0.4, 0.5) is 0 Å². The molecule has 3 heteroatoms. The van der Waals surface area contributed by atoms with Crippen LogP contribution in [0.25, 0.3) is 0 Å². The van der Waals surface area contributed by atoms with Crippen molar-refractivity contribution in [1.82, 2.24) is 4.90 Å². The fourth-order valence-corrected chi connectivity index (χ4v) is 2.86. The second-order valence-electron chi connectivity index (χ2n) is 5.70. The molecule has 0 spiro atoms. The van der Waals surface area contributed by atoms with Gasteiger partial charge >= 0.3 is 0 Å². The van der Waals surface area contributed by atoms with E-state index in [-0.39, 0.29) is 0 Å². The highest BCUT2D eigenvalue weighted by Gasteiger charge is 2.27. The molecule has 0 bridgehead atoms. The zero-order valence-electron chi connectivity index (χ0n) is 11.9. The van der Waals surface area contributed by atoms with Gasteiger partial charge in [0.15, 0.2) is 0 Å². The third kappa shape index (κ3) is 4.94. The Kier molecular flexibility index (Phi) is 6.45. The van der Waals surface area contributed by atoms with Crippen LogP contribution >= 0.6 is 0 Å². The summed E-state index contributed by atoms with van der Waals surface area (Å²) in [6.07, 6.45) is 5.31. The number of hydrogen-bond acceptors (Lipinski definition) is 3. The van der Waals surface area contributed by atoms with E-state index in [0.29, 0.717) is 11.5 Å². The molecule has 17 heavy (non-hydrogen) atoms. The second kappa shape index (κ2) is 7.34. The van der Waals surface area contributed by atoms with Crippen LogP contribution < -0.4 is 5.73 Å². The number of likely N-dealkylation sites (tertiary alicyclic amines) is 1. The number of ether oxygens (including phenoxy) is 1. The number of nitrogens with zero attached hydrogens (tertiary/aromatic N) is 1. The monoisotopic (exact) mass is 242 g/mol. The average molecular weight is 242 g/mol. The van der Waals surface area contributed by atoms with Gasteiger partial charge in [0.1, 0.15) is 0 Å². The molecule has 0 radical (unpaired) electrons. The zero-order valence-corrected chi connectivity index (χ0v) is 11.9. The Hall–Kier alpha value is -0.120. The van der Waals surface area contributed by atoms with Gasteiger partial charge in [-0.25, -0.2) is 0 Å². The summed E-state index contributed by atoms with van der Waals surface area (Å²) in [4.78, 5) is 2.57. The molecule has 2 N–H and O–H groups in total. The SMILES string of the molecule is CCCC(C)(CN)CN1CCC(OCC)CC1. The van der Waals surface area contributed by atoms with Gasteiger partial charge < -0.3 is 15.4 Å². The molecule has 1 rings (SSSR count). The summed E-state index contributed by atoms with van der Waals surface area (Å²) >= 11 is 0. The minimum atomic E-state index is 0.299. The minimum absolute atomic E-state index is 0.299. The smallest absolute Gasteiger partial charge is 0.0599 e.